The average molecular weight is 346 g/mol. The van der Waals surface area contributed by atoms with Gasteiger partial charge in [-0.15, -0.1) is 0 Å². The predicted molar refractivity (Wildman–Crippen MR) is 90.8 cm³/mol. The quantitative estimate of drug-likeness (QED) is 0.690. The molecule has 0 radical (unpaired) electrons. The van der Waals surface area contributed by atoms with Crippen molar-refractivity contribution in [3.8, 4) is 0 Å². The van der Waals surface area contributed by atoms with E-state index in [1.54, 1.807) is 0 Å². The predicted octanol–water partition coefficient (Wildman–Crippen LogP) is 0.189. The minimum Gasteiger partial charge on any atom is -0.379 e. The molecule has 1 saturated heterocycles. The molecular weight excluding hydrogens is 324 g/mol. The van der Waals surface area contributed by atoms with Gasteiger partial charge in [-0.2, -0.15) is 0 Å². The third-order valence-corrected chi connectivity index (χ3v) is 4.11. The van der Waals surface area contributed by atoms with Crippen LogP contribution < -0.4 is 11.1 Å². The van der Waals surface area contributed by atoms with Crippen molar-refractivity contribution in [3.63, 3.8) is 0 Å². The molecule has 1 fully saturated rings. The summed E-state index contributed by atoms with van der Waals surface area (Å²) in [7, 11) is 0. The van der Waals surface area contributed by atoms with E-state index in [9.17, 15) is 9.59 Å². The Bertz CT molecular complexity index is 773. The van der Waals surface area contributed by atoms with E-state index < -0.39 is 5.91 Å². The normalized spacial score (nSPS) is 20.5. The number of aromatic amines is 1. The summed E-state index contributed by atoms with van der Waals surface area (Å²) in [4.78, 5) is 30.8. The number of fused-ring (bicyclic) bond motifs is 1. The molecule has 2 amide bonds. The van der Waals surface area contributed by atoms with Crippen LogP contribution in [-0.2, 0) is 25.5 Å². The fraction of sp³-hybridized carbons (Fsp3) is 0.471. The maximum Gasteiger partial charge on any atom is 0.243 e. The van der Waals surface area contributed by atoms with Gasteiger partial charge in [0.1, 0.15) is 12.4 Å². The number of imidazole rings is 1. The average Bonchev–Trinajstić information content (AvgIpc) is 2.93. The lowest BCUT2D eigenvalue weighted by atomic mass is 10.1. The number of primary amides is 1. The molecule has 1 aliphatic rings. The Labute approximate surface area is 145 Å². The minimum absolute atomic E-state index is 0.126. The molecule has 0 unspecified atom stereocenters. The number of hydrogen-bond acceptors (Lipinski definition) is 5. The summed E-state index contributed by atoms with van der Waals surface area (Å²) in [6, 6.07) is 5.41. The number of aromatic nitrogens is 2. The highest BCUT2D eigenvalue weighted by Crippen LogP contribution is 2.15. The number of nitrogens with two attached hydrogens (primary N) is 1. The van der Waals surface area contributed by atoms with E-state index in [-0.39, 0.29) is 31.1 Å². The van der Waals surface area contributed by atoms with Gasteiger partial charge >= 0.3 is 0 Å². The second-order valence-electron chi connectivity index (χ2n) is 6.20. The third-order valence-electron chi connectivity index (χ3n) is 4.11. The highest BCUT2D eigenvalue weighted by atomic mass is 16.5. The first-order valence-corrected chi connectivity index (χ1v) is 8.23. The van der Waals surface area contributed by atoms with E-state index in [1.165, 1.54) is 0 Å². The molecule has 25 heavy (non-hydrogen) atoms. The number of carbonyl (C=O) groups is 2. The number of carbonyl (C=O) groups excluding carboxylic acids is 2. The summed E-state index contributed by atoms with van der Waals surface area (Å²) in [5.74, 6) is 0.184. The van der Waals surface area contributed by atoms with Crippen LogP contribution in [0.3, 0.4) is 0 Å². The molecule has 1 aromatic heterocycles. The minimum atomic E-state index is -0.528. The van der Waals surface area contributed by atoms with Crippen LogP contribution in [-0.4, -0.2) is 53.7 Å². The molecule has 1 aromatic carbocycles. The zero-order chi connectivity index (χ0) is 17.8. The molecule has 0 saturated carbocycles. The fourth-order valence-corrected chi connectivity index (χ4v) is 2.98. The topological polar surface area (TPSA) is 119 Å². The van der Waals surface area contributed by atoms with Gasteiger partial charge in [-0.3, -0.25) is 9.59 Å². The molecule has 0 spiro atoms. The van der Waals surface area contributed by atoms with E-state index in [0.717, 1.165) is 22.4 Å². The van der Waals surface area contributed by atoms with Crippen molar-refractivity contribution in [2.24, 2.45) is 5.73 Å². The Morgan fingerprint density at radius 2 is 2.32 bits per heavy atom. The van der Waals surface area contributed by atoms with Crippen LogP contribution in [0.2, 0.25) is 0 Å². The van der Waals surface area contributed by atoms with E-state index in [2.05, 4.69) is 15.3 Å². The van der Waals surface area contributed by atoms with Crippen LogP contribution in [0.4, 0.5) is 0 Å². The Kier molecular flexibility index (Phi) is 5.30. The summed E-state index contributed by atoms with van der Waals surface area (Å²) < 4.78 is 10.9. The van der Waals surface area contributed by atoms with Crippen molar-refractivity contribution >= 4 is 22.8 Å². The number of benzene rings is 1. The van der Waals surface area contributed by atoms with E-state index in [0.29, 0.717) is 19.6 Å². The second-order valence-corrected chi connectivity index (χ2v) is 6.20. The van der Waals surface area contributed by atoms with Crippen molar-refractivity contribution < 1.29 is 19.1 Å². The second kappa shape index (κ2) is 7.62. The molecule has 4 N–H and O–H groups in total. The lowest BCUT2D eigenvalue weighted by molar-refractivity contribution is -0.131. The first kappa shape index (κ1) is 17.4. The van der Waals surface area contributed by atoms with Crippen molar-refractivity contribution in [1.82, 2.24) is 15.3 Å². The molecule has 134 valence electrons. The highest BCUT2D eigenvalue weighted by Gasteiger charge is 2.28. The number of nitrogens with one attached hydrogen (secondary N) is 2. The van der Waals surface area contributed by atoms with Crippen LogP contribution in [0.5, 0.6) is 0 Å². The van der Waals surface area contributed by atoms with Gasteiger partial charge in [0.25, 0.3) is 0 Å². The highest BCUT2D eigenvalue weighted by molar-refractivity contribution is 5.82. The van der Waals surface area contributed by atoms with E-state index in [4.69, 9.17) is 15.2 Å². The lowest BCUT2D eigenvalue weighted by Gasteiger charge is -2.31. The fourth-order valence-electron chi connectivity index (χ4n) is 2.98. The summed E-state index contributed by atoms with van der Waals surface area (Å²) in [5.41, 5.74) is 7.79. The number of ether oxygens (including phenoxy) is 2. The summed E-state index contributed by atoms with van der Waals surface area (Å²) in [6.45, 7) is 2.62. The Hall–Kier alpha value is -2.45. The first-order valence-electron chi connectivity index (χ1n) is 8.23. The molecular formula is C17H22N4O4. The number of H-pyrrole nitrogens is 1. The SMILES string of the molecule is Cc1nc2ccc(CC(=O)N[C@@H]3COCC[C@@H]3OCC(N)=O)cc2[nH]1. The number of rotatable bonds is 6. The van der Waals surface area contributed by atoms with Gasteiger partial charge in [-0.1, -0.05) is 6.07 Å². The molecule has 2 aromatic rings. The smallest absolute Gasteiger partial charge is 0.243 e. The molecule has 1 aliphatic heterocycles. The molecule has 2 heterocycles. The van der Waals surface area contributed by atoms with Crippen LogP contribution in [0.25, 0.3) is 11.0 Å². The van der Waals surface area contributed by atoms with Gasteiger partial charge in [0.05, 0.1) is 36.2 Å². The Balaban J connectivity index is 1.60. The molecule has 0 aliphatic carbocycles. The zero-order valence-corrected chi connectivity index (χ0v) is 14.1. The molecule has 0 bridgehead atoms. The summed E-state index contributed by atoms with van der Waals surface area (Å²) in [6.07, 6.45) is 0.577. The number of nitrogens with zero attached hydrogens (tertiary/aromatic N) is 1. The van der Waals surface area contributed by atoms with Crippen molar-refractivity contribution in [3.05, 3.63) is 29.6 Å². The number of aryl methyl sites for hydroxylation is 1. The van der Waals surface area contributed by atoms with Gasteiger partial charge in [0, 0.05) is 6.61 Å². The van der Waals surface area contributed by atoms with E-state index in [1.807, 2.05) is 25.1 Å². The number of amides is 2. The summed E-state index contributed by atoms with van der Waals surface area (Å²) in [5, 5.41) is 2.93. The van der Waals surface area contributed by atoms with Gasteiger partial charge in [0.15, 0.2) is 0 Å². The third kappa shape index (κ3) is 4.55. The maximum absolute atomic E-state index is 12.4. The molecule has 8 nitrogen and oxygen atoms in total. The van der Waals surface area contributed by atoms with Crippen LogP contribution in [0.1, 0.15) is 17.8 Å². The zero-order valence-electron chi connectivity index (χ0n) is 14.1. The van der Waals surface area contributed by atoms with Gasteiger partial charge in [0.2, 0.25) is 11.8 Å². The number of hydrogen-bond donors (Lipinski definition) is 3. The Morgan fingerprint density at radius 3 is 3.12 bits per heavy atom. The monoisotopic (exact) mass is 346 g/mol. The van der Waals surface area contributed by atoms with Crippen molar-refractivity contribution in [2.45, 2.75) is 31.9 Å². The van der Waals surface area contributed by atoms with Gasteiger partial charge < -0.3 is 25.5 Å². The maximum atomic E-state index is 12.4. The Morgan fingerprint density at radius 1 is 1.48 bits per heavy atom. The van der Waals surface area contributed by atoms with Gasteiger partial charge in [-0.05, 0) is 31.0 Å². The molecule has 2 atom stereocenters. The standard InChI is InChI=1S/C17H22N4O4/c1-10-19-12-3-2-11(6-13(12)20-10)7-17(23)21-14-8-24-5-4-15(14)25-9-16(18)22/h2-3,6,14-15H,4-5,7-9H2,1H3,(H2,18,22)(H,19,20)(H,21,23)/t14-,15+/m1/s1. The van der Waals surface area contributed by atoms with Crippen LogP contribution in [0.15, 0.2) is 18.2 Å². The van der Waals surface area contributed by atoms with Crippen LogP contribution in [0, 0.1) is 6.92 Å². The largest absolute Gasteiger partial charge is 0.379 e. The van der Waals surface area contributed by atoms with Crippen LogP contribution >= 0.6 is 0 Å². The van der Waals surface area contributed by atoms with Crippen molar-refractivity contribution in [2.75, 3.05) is 19.8 Å². The first-order chi connectivity index (χ1) is 12.0. The molecule has 8 heteroatoms. The lowest BCUT2D eigenvalue weighted by Crippen LogP contribution is -2.51. The van der Waals surface area contributed by atoms with Gasteiger partial charge in [-0.25, -0.2) is 4.98 Å². The van der Waals surface area contributed by atoms with Crippen molar-refractivity contribution in [1.29, 1.82) is 0 Å². The summed E-state index contributed by atoms with van der Waals surface area (Å²) >= 11 is 0. The molecule has 3 rings (SSSR count). The van der Waals surface area contributed by atoms with E-state index >= 15 is 0 Å².